The Hall–Kier alpha value is -9.84. The van der Waals surface area contributed by atoms with Crippen LogP contribution in [0.15, 0.2) is 170 Å². The van der Waals surface area contributed by atoms with Gasteiger partial charge in [0.25, 0.3) is 22.7 Å². The first-order valence-electron chi connectivity index (χ1n) is 20.5. The average Bonchev–Trinajstić information content (AvgIpc) is 3.33. The number of rotatable bonds is 13. The molecule has 8 aromatic carbocycles. The van der Waals surface area contributed by atoms with Crippen LogP contribution in [0.25, 0.3) is 0 Å². The summed E-state index contributed by atoms with van der Waals surface area (Å²) in [6.45, 7) is 0. The molecule has 0 spiro atoms. The fraction of sp³-hybridized carbons (Fsp3) is 0.0400. The molecule has 334 valence electrons. The highest BCUT2D eigenvalue weighted by atomic mass is 16.6. The van der Waals surface area contributed by atoms with E-state index in [1.807, 2.05) is 24.3 Å². The van der Waals surface area contributed by atoms with Gasteiger partial charge in [0.1, 0.15) is 69.0 Å². The van der Waals surface area contributed by atoms with Crippen LogP contribution in [-0.4, -0.2) is 19.7 Å². The molecule has 0 atom stereocenters. The van der Waals surface area contributed by atoms with Crippen LogP contribution in [0.5, 0.6) is 69.0 Å². The monoisotopic (exact) mass is 910 g/mol. The van der Waals surface area contributed by atoms with Gasteiger partial charge in [-0.2, -0.15) is 0 Å². The van der Waals surface area contributed by atoms with Gasteiger partial charge in [0.2, 0.25) is 0 Å². The molecule has 10 rings (SSSR count). The lowest BCUT2D eigenvalue weighted by atomic mass is 9.71. The number of nitrogens with zero attached hydrogens (tertiary/aromatic N) is 4. The van der Waals surface area contributed by atoms with E-state index in [1.54, 1.807) is 72.8 Å². The minimum atomic E-state index is -0.541. The summed E-state index contributed by atoms with van der Waals surface area (Å²) in [6.07, 6.45) is 0. The van der Waals surface area contributed by atoms with E-state index in [1.165, 1.54) is 72.8 Å². The molecule has 0 saturated carbocycles. The van der Waals surface area contributed by atoms with Crippen molar-refractivity contribution < 1.29 is 48.1 Å². The Balaban J connectivity index is 1.10. The van der Waals surface area contributed by atoms with Gasteiger partial charge in [0.05, 0.1) is 44.0 Å². The van der Waals surface area contributed by atoms with Crippen molar-refractivity contribution in [1.29, 1.82) is 0 Å². The quantitative estimate of drug-likeness (QED) is 0.0774. The van der Waals surface area contributed by atoms with Gasteiger partial charge in [-0.05, 0) is 48.5 Å². The third-order valence-corrected chi connectivity index (χ3v) is 11.1. The van der Waals surface area contributed by atoms with E-state index >= 15 is 0 Å². The van der Waals surface area contributed by atoms with Gasteiger partial charge >= 0.3 is 0 Å². The maximum Gasteiger partial charge on any atom is 0.273 e. The largest absolute Gasteiger partial charge is 0.457 e. The van der Waals surface area contributed by atoms with Gasteiger partial charge in [0.15, 0.2) is 0 Å². The van der Waals surface area contributed by atoms with Gasteiger partial charge in [-0.3, -0.25) is 40.5 Å². The molecule has 8 aromatic rings. The zero-order valence-corrected chi connectivity index (χ0v) is 34.8. The molecule has 0 fully saturated rings. The van der Waals surface area contributed by atoms with E-state index in [0.717, 1.165) is 0 Å². The summed E-state index contributed by atoms with van der Waals surface area (Å²) in [6, 6.07) is 44.0. The lowest BCUT2D eigenvalue weighted by molar-refractivity contribution is -0.385. The van der Waals surface area contributed by atoms with Crippen LogP contribution in [-0.2, 0) is 0 Å². The predicted molar refractivity (Wildman–Crippen MR) is 242 cm³/mol. The van der Waals surface area contributed by atoms with E-state index < -0.39 is 31.5 Å². The van der Waals surface area contributed by atoms with E-state index in [0.29, 0.717) is 68.2 Å². The summed E-state index contributed by atoms with van der Waals surface area (Å²) in [5.41, 5.74) is 2.24. The Morgan fingerprint density at radius 1 is 0.309 bits per heavy atom. The second kappa shape index (κ2) is 17.3. The van der Waals surface area contributed by atoms with Gasteiger partial charge in [-0.1, -0.05) is 48.5 Å². The SMILES string of the molecule is O=[N+]([O-])c1cccc(Oc2ccc3c(c2)Oc2cc(Oc4cccc([N+](=O)[O-])c4)ccc2C3C2c3ccc(Oc4cccc([N+](=O)[O-])c4)cc3Oc3cc(Oc4cccc([N+](=O)[O-])c4)ccc32)c1. The van der Waals surface area contributed by atoms with Crippen molar-refractivity contribution in [1.82, 2.24) is 0 Å². The van der Waals surface area contributed by atoms with Crippen LogP contribution in [0.4, 0.5) is 22.7 Å². The number of nitro groups is 4. The molecule has 18 nitrogen and oxygen atoms in total. The number of hydrogen-bond donors (Lipinski definition) is 0. The second-order valence-electron chi connectivity index (χ2n) is 15.4. The lowest BCUT2D eigenvalue weighted by Gasteiger charge is -2.38. The molecule has 0 amide bonds. The molecular weight excluding hydrogens is 881 g/mol. The predicted octanol–water partition coefficient (Wildman–Crippen LogP) is 13.7. The molecule has 0 bridgehead atoms. The first-order chi connectivity index (χ1) is 32.9. The van der Waals surface area contributed by atoms with Gasteiger partial charge < -0.3 is 28.4 Å². The summed E-state index contributed by atoms with van der Waals surface area (Å²) in [5.74, 6) is 2.57. The van der Waals surface area contributed by atoms with Crippen LogP contribution in [0.1, 0.15) is 34.1 Å². The molecule has 2 aliphatic rings. The molecule has 0 aromatic heterocycles. The molecule has 0 radical (unpaired) electrons. The smallest absolute Gasteiger partial charge is 0.273 e. The van der Waals surface area contributed by atoms with E-state index in [9.17, 15) is 40.5 Å². The van der Waals surface area contributed by atoms with Crippen molar-refractivity contribution in [2.24, 2.45) is 0 Å². The third kappa shape index (κ3) is 8.46. The van der Waals surface area contributed by atoms with Crippen LogP contribution in [0, 0.1) is 40.5 Å². The number of benzene rings is 8. The molecule has 0 aliphatic carbocycles. The average molecular weight is 911 g/mol. The van der Waals surface area contributed by atoms with Gasteiger partial charge in [0, 0.05) is 82.6 Å². The Bertz CT molecular complexity index is 2940. The summed E-state index contributed by atoms with van der Waals surface area (Å²) in [5, 5.41) is 46.2. The van der Waals surface area contributed by atoms with E-state index in [4.69, 9.17) is 28.4 Å². The summed E-state index contributed by atoms with van der Waals surface area (Å²) in [4.78, 5) is 44.1. The Labute approximate surface area is 383 Å². The first kappa shape index (κ1) is 42.1. The Morgan fingerprint density at radius 3 is 0.750 bits per heavy atom. The minimum Gasteiger partial charge on any atom is -0.457 e. The van der Waals surface area contributed by atoms with Crippen LogP contribution in [0.2, 0.25) is 0 Å². The third-order valence-electron chi connectivity index (χ3n) is 11.1. The topological polar surface area (TPSA) is 228 Å². The van der Waals surface area contributed by atoms with Crippen molar-refractivity contribution in [3.05, 3.63) is 233 Å². The number of ether oxygens (including phenoxy) is 6. The zero-order chi connectivity index (χ0) is 47.1. The Kier molecular flexibility index (Phi) is 10.7. The fourth-order valence-corrected chi connectivity index (χ4v) is 8.17. The fourth-order valence-electron chi connectivity index (χ4n) is 8.17. The summed E-state index contributed by atoms with van der Waals surface area (Å²) in [7, 11) is 0. The lowest BCUT2D eigenvalue weighted by Crippen LogP contribution is -2.22. The van der Waals surface area contributed by atoms with Crippen molar-refractivity contribution in [3.63, 3.8) is 0 Å². The molecule has 0 N–H and O–H groups in total. The number of fused-ring (bicyclic) bond motifs is 4. The van der Waals surface area contributed by atoms with Crippen LogP contribution < -0.4 is 28.4 Å². The Morgan fingerprint density at radius 2 is 0.529 bits per heavy atom. The number of nitro benzene ring substituents is 4. The van der Waals surface area contributed by atoms with Gasteiger partial charge in [-0.25, -0.2) is 0 Å². The van der Waals surface area contributed by atoms with Crippen molar-refractivity contribution >= 4 is 22.7 Å². The van der Waals surface area contributed by atoms with E-state index in [-0.39, 0.29) is 45.7 Å². The maximum atomic E-state index is 11.6. The van der Waals surface area contributed by atoms with Crippen LogP contribution >= 0.6 is 0 Å². The first-order valence-corrected chi connectivity index (χ1v) is 20.5. The molecule has 2 heterocycles. The van der Waals surface area contributed by atoms with Crippen molar-refractivity contribution in [2.45, 2.75) is 11.8 Å². The van der Waals surface area contributed by atoms with Crippen molar-refractivity contribution in [3.8, 4) is 69.0 Å². The van der Waals surface area contributed by atoms with Crippen molar-refractivity contribution in [2.75, 3.05) is 0 Å². The maximum absolute atomic E-state index is 11.6. The number of hydrogen-bond acceptors (Lipinski definition) is 14. The zero-order valence-electron chi connectivity index (χ0n) is 34.8. The van der Waals surface area contributed by atoms with E-state index in [2.05, 4.69) is 0 Å². The normalized spacial score (nSPS) is 12.4. The van der Waals surface area contributed by atoms with Crippen LogP contribution in [0.3, 0.4) is 0 Å². The standard InChI is InChI=1S/C50H30N4O14/c55-51(56)29-5-1-9-33(21-29)63-37-13-17-41-45(25-37)67-46-26-38(64-34-10-2-6-30(22-34)52(57)58)14-18-42(46)49(41)50-43-19-15-39(65-35-11-3-7-31(23-35)53(59)60)27-47(43)68-48-28-40(16-20-44(48)50)66-36-12-4-8-32(24-36)54(61)62/h1-28,49-50H. The highest BCUT2D eigenvalue weighted by Gasteiger charge is 2.41. The molecular formula is C50H30N4O14. The highest BCUT2D eigenvalue weighted by molar-refractivity contribution is 5.66. The number of non-ortho nitro benzene ring substituents is 4. The summed E-state index contributed by atoms with van der Waals surface area (Å²) < 4.78 is 37.8. The molecule has 2 aliphatic heterocycles. The molecule has 0 unspecified atom stereocenters. The molecule has 68 heavy (non-hydrogen) atoms. The second-order valence-corrected chi connectivity index (χ2v) is 15.4. The molecule has 0 saturated heterocycles. The van der Waals surface area contributed by atoms with Gasteiger partial charge in [-0.15, -0.1) is 0 Å². The molecule has 18 heteroatoms. The highest BCUT2D eigenvalue weighted by Crippen LogP contribution is 2.59. The minimum absolute atomic E-state index is 0.156. The summed E-state index contributed by atoms with van der Waals surface area (Å²) >= 11 is 0.